The van der Waals surface area contributed by atoms with Crippen LogP contribution in [0.3, 0.4) is 0 Å². The Morgan fingerprint density at radius 2 is 1.63 bits per heavy atom. The van der Waals surface area contributed by atoms with E-state index in [4.69, 9.17) is 0 Å². The fourth-order valence-electron chi connectivity index (χ4n) is 3.19. The quantitative estimate of drug-likeness (QED) is 0.185. The summed E-state index contributed by atoms with van der Waals surface area (Å²) < 4.78 is 2.24. The average Bonchev–Trinajstić information content (AvgIpc) is 3.08. The minimum absolute atomic E-state index is 0. The van der Waals surface area contributed by atoms with Crippen molar-refractivity contribution < 1.29 is 4.79 Å². The molecule has 0 spiro atoms. The molecular formula is C22H29IN6O. The summed E-state index contributed by atoms with van der Waals surface area (Å²) >= 11 is 0. The van der Waals surface area contributed by atoms with Crippen LogP contribution in [0.25, 0.3) is 11.0 Å². The molecular weight excluding hydrogens is 491 g/mol. The van der Waals surface area contributed by atoms with Gasteiger partial charge in [-0.25, -0.2) is 4.98 Å². The summed E-state index contributed by atoms with van der Waals surface area (Å²) in [5.74, 6) is 1.69. The van der Waals surface area contributed by atoms with Crippen LogP contribution in [-0.2, 0) is 6.54 Å². The van der Waals surface area contributed by atoms with Crippen molar-refractivity contribution in [3.8, 4) is 0 Å². The van der Waals surface area contributed by atoms with Gasteiger partial charge >= 0.3 is 0 Å². The number of guanidine groups is 1. The van der Waals surface area contributed by atoms with E-state index in [0.717, 1.165) is 36.8 Å². The Labute approximate surface area is 194 Å². The number of carbonyl (C=O) groups is 1. The van der Waals surface area contributed by atoms with Crippen LogP contribution in [0.2, 0.25) is 0 Å². The first kappa shape index (κ1) is 23.7. The SMILES string of the molecule is CN=C(NCCCn1c(C)nc2ccccc21)NCCNC(=O)c1ccccc1.I. The lowest BCUT2D eigenvalue weighted by Crippen LogP contribution is -2.42. The van der Waals surface area contributed by atoms with Gasteiger partial charge in [0.25, 0.3) is 5.91 Å². The molecule has 160 valence electrons. The van der Waals surface area contributed by atoms with Crippen molar-refractivity contribution in [1.82, 2.24) is 25.5 Å². The molecule has 2 aromatic carbocycles. The number of hydrogen-bond donors (Lipinski definition) is 3. The highest BCUT2D eigenvalue weighted by molar-refractivity contribution is 14.0. The van der Waals surface area contributed by atoms with Crippen molar-refractivity contribution >= 4 is 46.9 Å². The van der Waals surface area contributed by atoms with Gasteiger partial charge in [0.05, 0.1) is 11.0 Å². The Bertz CT molecular complexity index is 970. The van der Waals surface area contributed by atoms with E-state index < -0.39 is 0 Å². The van der Waals surface area contributed by atoms with Crippen molar-refractivity contribution in [1.29, 1.82) is 0 Å². The summed E-state index contributed by atoms with van der Waals surface area (Å²) in [5, 5.41) is 9.42. The van der Waals surface area contributed by atoms with Gasteiger partial charge in [0, 0.05) is 38.8 Å². The first-order chi connectivity index (χ1) is 14.2. The minimum Gasteiger partial charge on any atom is -0.356 e. The molecule has 0 aliphatic carbocycles. The van der Waals surface area contributed by atoms with Gasteiger partial charge < -0.3 is 20.5 Å². The topological polar surface area (TPSA) is 83.3 Å². The monoisotopic (exact) mass is 520 g/mol. The summed E-state index contributed by atoms with van der Waals surface area (Å²) in [5.41, 5.74) is 2.87. The molecule has 3 N–H and O–H groups in total. The second kappa shape index (κ2) is 12.2. The predicted molar refractivity (Wildman–Crippen MR) is 133 cm³/mol. The fourth-order valence-corrected chi connectivity index (χ4v) is 3.19. The summed E-state index contributed by atoms with van der Waals surface area (Å²) in [6.45, 7) is 4.85. The zero-order valence-corrected chi connectivity index (χ0v) is 19.7. The third kappa shape index (κ3) is 6.45. The number of nitrogens with zero attached hydrogens (tertiary/aromatic N) is 3. The third-order valence-electron chi connectivity index (χ3n) is 4.66. The van der Waals surface area contributed by atoms with E-state index in [-0.39, 0.29) is 29.9 Å². The number of aliphatic imine (C=N–C) groups is 1. The van der Waals surface area contributed by atoms with Crippen molar-refractivity contribution in [2.75, 3.05) is 26.7 Å². The van der Waals surface area contributed by atoms with E-state index in [1.165, 1.54) is 5.52 Å². The highest BCUT2D eigenvalue weighted by Crippen LogP contribution is 2.15. The average molecular weight is 520 g/mol. The Morgan fingerprint density at radius 1 is 0.967 bits per heavy atom. The molecule has 8 heteroatoms. The van der Waals surface area contributed by atoms with Gasteiger partial charge in [0.15, 0.2) is 5.96 Å². The minimum atomic E-state index is -0.0710. The molecule has 0 radical (unpaired) electrons. The number of amides is 1. The molecule has 7 nitrogen and oxygen atoms in total. The van der Waals surface area contributed by atoms with Crippen LogP contribution < -0.4 is 16.0 Å². The second-order valence-electron chi connectivity index (χ2n) is 6.70. The molecule has 1 heterocycles. The molecule has 3 rings (SSSR count). The van der Waals surface area contributed by atoms with Crippen LogP contribution >= 0.6 is 24.0 Å². The molecule has 0 bridgehead atoms. The lowest BCUT2D eigenvalue weighted by atomic mass is 10.2. The number of imidazole rings is 1. The highest BCUT2D eigenvalue weighted by atomic mass is 127. The van der Waals surface area contributed by atoms with Gasteiger partial charge in [-0.3, -0.25) is 9.79 Å². The zero-order valence-electron chi connectivity index (χ0n) is 17.4. The van der Waals surface area contributed by atoms with Crippen LogP contribution in [-0.4, -0.2) is 48.1 Å². The Morgan fingerprint density at radius 3 is 2.40 bits per heavy atom. The maximum absolute atomic E-state index is 12.0. The van der Waals surface area contributed by atoms with Crippen molar-refractivity contribution in [3.05, 3.63) is 66.0 Å². The van der Waals surface area contributed by atoms with Gasteiger partial charge in [0.2, 0.25) is 0 Å². The Kier molecular flexibility index (Phi) is 9.59. The molecule has 1 amide bonds. The van der Waals surface area contributed by atoms with Crippen LogP contribution in [0.5, 0.6) is 0 Å². The first-order valence-corrected chi connectivity index (χ1v) is 9.88. The van der Waals surface area contributed by atoms with Crippen molar-refractivity contribution in [3.63, 3.8) is 0 Å². The molecule has 0 saturated heterocycles. The molecule has 3 aromatic rings. The van der Waals surface area contributed by atoms with Crippen molar-refractivity contribution in [2.45, 2.75) is 19.9 Å². The predicted octanol–water partition coefficient (Wildman–Crippen LogP) is 2.95. The summed E-state index contributed by atoms with van der Waals surface area (Å²) in [4.78, 5) is 20.8. The Balaban J connectivity index is 0.00000320. The lowest BCUT2D eigenvalue weighted by Gasteiger charge is -2.13. The first-order valence-electron chi connectivity index (χ1n) is 9.88. The number of hydrogen-bond acceptors (Lipinski definition) is 3. The standard InChI is InChI=1S/C22H28N6O.HI/c1-17-27-19-11-6-7-12-20(19)28(17)16-8-13-25-22(23-2)26-15-14-24-21(29)18-9-4-3-5-10-18;/h3-7,9-12H,8,13-16H2,1-2H3,(H,24,29)(H2,23,25,26);1H. The van der Waals surface area contributed by atoms with Crippen LogP contribution in [0.4, 0.5) is 0 Å². The molecule has 0 aliphatic heterocycles. The number of aryl methyl sites for hydroxylation is 2. The number of nitrogens with one attached hydrogen (secondary N) is 3. The number of rotatable bonds is 8. The van der Waals surface area contributed by atoms with Gasteiger partial charge in [-0.1, -0.05) is 30.3 Å². The Hall–Kier alpha value is -2.62. The van der Waals surface area contributed by atoms with E-state index in [0.29, 0.717) is 18.7 Å². The number of halogens is 1. The normalized spacial score (nSPS) is 11.1. The second-order valence-corrected chi connectivity index (χ2v) is 6.70. The van der Waals surface area contributed by atoms with E-state index in [1.54, 1.807) is 19.2 Å². The third-order valence-corrected chi connectivity index (χ3v) is 4.66. The van der Waals surface area contributed by atoms with E-state index in [2.05, 4.69) is 36.6 Å². The van der Waals surface area contributed by atoms with Crippen LogP contribution in [0.1, 0.15) is 22.6 Å². The summed E-state index contributed by atoms with van der Waals surface area (Å²) in [6, 6.07) is 17.4. The van der Waals surface area contributed by atoms with Gasteiger partial charge in [-0.05, 0) is 37.6 Å². The molecule has 0 unspecified atom stereocenters. The van der Waals surface area contributed by atoms with E-state index in [1.807, 2.05) is 43.3 Å². The largest absolute Gasteiger partial charge is 0.356 e. The van der Waals surface area contributed by atoms with Gasteiger partial charge in [-0.2, -0.15) is 0 Å². The summed E-state index contributed by atoms with van der Waals surface area (Å²) in [6.07, 6.45) is 0.951. The zero-order chi connectivity index (χ0) is 20.5. The number of carbonyl (C=O) groups excluding carboxylic acids is 1. The van der Waals surface area contributed by atoms with Crippen molar-refractivity contribution in [2.24, 2.45) is 4.99 Å². The number of fused-ring (bicyclic) bond motifs is 1. The van der Waals surface area contributed by atoms with Gasteiger partial charge in [0.1, 0.15) is 5.82 Å². The molecule has 1 aromatic heterocycles. The molecule has 30 heavy (non-hydrogen) atoms. The molecule has 0 fully saturated rings. The number of aromatic nitrogens is 2. The lowest BCUT2D eigenvalue weighted by molar-refractivity contribution is 0.0954. The number of benzene rings is 2. The molecule has 0 atom stereocenters. The number of para-hydroxylation sites is 2. The fraction of sp³-hybridized carbons (Fsp3) is 0.318. The van der Waals surface area contributed by atoms with Gasteiger partial charge in [-0.15, -0.1) is 24.0 Å². The van der Waals surface area contributed by atoms with E-state index >= 15 is 0 Å². The maximum Gasteiger partial charge on any atom is 0.251 e. The smallest absolute Gasteiger partial charge is 0.251 e. The van der Waals surface area contributed by atoms with Crippen LogP contribution in [0.15, 0.2) is 59.6 Å². The van der Waals surface area contributed by atoms with E-state index in [9.17, 15) is 4.79 Å². The highest BCUT2D eigenvalue weighted by Gasteiger charge is 2.06. The molecule has 0 aliphatic rings. The summed E-state index contributed by atoms with van der Waals surface area (Å²) in [7, 11) is 1.74. The maximum atomic E-state index is 12.0. The van der Waals surface area contributed by atoms with Crippen LogP contribution in [0, 0.1) is 6.92 Å². The molecule has 0 saturated carbocycles.